The maximum Gasteiger partial charge on any atom is 0.308 e. The highest BCUT2D eigenvalue weighted by Gasteiger charge is 2.37. The van der Waals surface area contributed by atoms with Gasteiger partial charge in [-0.05, 0) is 25.0 Å². The fourth-order valence-corrected chi connectivity index (χ4v) is 4.32. The maximum atomic E-state index is 12.8. The van der Waals surface area contributed by atoms with Gasteiger partial charge in [-0.15, -0.1) is 0 Å². The molecule has 1 heterocycles. The van der Waals surface area contributed by atoms with Crippen molar-refractivity contribution in [3.05, 3.63) is 30.3 Å². The highest BCUT2D eigenvalue weighted by molar-refractivity contribution is 7.89. The summed E-state index contributed by atoms with van der Waals surface area (Å²) in [7, 11) is -3.75. The van der Waals surface area contributed by atoms with Crippen LogP contribution in [-0.2, 0) is 19.6 Å². The molecule has 0 aliphatic carbocycles. The number of hydrogen-bond donors (Lipinski definition) is 2. The van der Waals surface area contributed by atoms with Gasteiger partial charge in [0.15, 0.2) is 0 Å². The minimum Gasteiger partial charge on any atom is -0.481 e. The molecule has 1 amide bonds. The number of nitrogens with one attached hydrogen (secondary N) is 1. The van der Waals surface area contributed by atoms with Crippen LogP contribution in [-0.4, -0.2) is 48.8 Å². The van der Waals surface area contributed by atoms with Crippen LogP contribution in [0.4, 0.5) is 0 Å². The van der Waals surface area contributed by atoms with Gasteiger partial charge in [0, 0.05) is 13.1 Å². The van der Waals surface area contributed by atoms with Crippen LogP contribution in [0.15, 0.2) is 35.2 Å². The molecule has 1 aliphatic rings. The number of carbonyl (C=O) groups excluding carboxylic acids is 1. The van der Waals surface area contributed by atoms with Gasteiger partial charge < -0.3 is 10.4 Å². The summed E-state index contributed by atoms with van der Waals surface area (Å²) in [5.41, 5.74) is 0. The summed E-state index contributed by atoms with van der Waals surface area (Å²) in [6.07, 6.45) is 1.88. The molecule has 1 aromatic rings. The standard InChI is InChI=1S/C16H22N2O5S/c1-12(16(20)21)11-17-15(19)14-9-5-6-10-18(14)24(22,23)13-7-3-2-4-8-13/h2-4,7-8,12,14H,5-6,9-11H2,1H3,(H,17,19)(H,20,21). The molecular weight excluding hydrogens is 332 g/mol. The fraction of sp³-hybridized carbons (Fsp3) is 0.500. The Bertz CT molecular complexity index is 690. The topological polar surface area (TPSA) is 104 Å². The zero-order valence-electron chi connectivity index (χ0n) is 13.5. The number of sulfonamides is 1. The summed E-state index contributed by atoms with van der Waals surface area (Å²) in [5.74, 6) is -2.17. The first-order valence-corrected chi connectivity index (χ1v) is 9.35. The highest BCUT2D eigenvalue weighted by atomic mass is 32.2. The Balaban J connectivity index is 2.16. The van der Waals surface area contributed by atoms with Crippen molar-refractivity contribution in [1.82, 2.24) is 9.62 Å². The second-order valence-corrected chi connectivity index (χ2v) is 7.82. The van der Waals surface area contributed by atoms with Gasteiger partial charge in [0.2, 0.25) is 15.9 Å². The van der Waals surface area contributed by atoms with E-state index in [0.717, 1.165) is 6.42 Å². The fourth-order valence-electron chi connectivity index (χ4n) is 2.64. The smallest absolute Gasteiger partial charge is 0.308 e. The minimum atomic E-state index is -3.75. The lowest BCUT2D eigenvalue weighted by Gasteiger charge is -2.33. The number of carboxylic acid groups (broad SMARTS) is 1. The van der Waals surface area contributed by atoms with Crippen molar-refractivity contribution in [1.29, 1.82) is 0 Å². The summed E-state index contributed by atoms with van der Waals surface area (Å²) in [6, 6.07) is 7.22. The summed E-state index contributed by atoms with van der Waals surface area (Å²) in [4.78, 5) is 23.4. The summed E-state index contributed by atoms with van der Waals surface area (Å²) >= 11 is 0. The number of piperidine rings is 1. The molecule has 1 aliphatic heterocycles. The van der Waals surface area contributed by atoms with Crippen molar-refractivity contribution in [3.63, 3.8) is 0 Å². The predicted molar refractivity (Wildman–Crippen MR) is 87.8 cm³/mol. The lowest BCUT2D eigenvalue weighted by molar-refractivity contribution is -0.141. The molecular formula is C16H22N2O5S. The minimum absolute atomic E-state index is 0.0239. The summed E-state index contributed by atoms with van der Waals surface area (Å²) in [5, 5.41) is 11.4. The zero-order valence-corrected chi connectivity index (χ0v) is 14.3. The van der Waals surface area contributed by atoms with Crippen LogP contribution in [0, 0.1) is 5.92 Å². The molecule has 1 fully saturated rings. The number of benzene rings is 1. The molecule has 2 unspecified atom stereocenters. The van der Waals surface area contributed by atoms with E-state index in [1.54, 1.807) is 18.2 Å². The SMILES string of the molecule is CC(CNC(=O)C1CCCCN1S(=O)(=O)c1ccccc1)C(=O)O. The molecule has 0 saturated carbocycles. The Labute approximate surface area is 141 Å². The van der Waals surface area contributed by atoms with E-state index >= 15 is 0 Å². The second kappa shape index (κ2) is 7.76. The number of hydrogen-bond acceptors (Lipinski definition) is 4. The van der Waals surface area contributed by atoms with Crippen LogP contribution in [0.3, 0.4) is 0 Å². The van der Waals surface area contributed by atoms with Crippen LogP contribution < -0.4 is 5.32 Å². The van der Waals surface area contributed by atoms with Gasteiger partial charge >= 0.3 is 5.97 Å². The third-order valence-electron chi connectivity index (χ3n) is 4.11. The number of aliphatic carboxylic acids is 1. The Kier molecular flexibility index (Phi) is 5.95. The Hall–Kier alpha value is -1.93. The largest absolute Gasteiger partial charge is 0.481 e. The number of rotatable bonds is 6. The third kappa shape index (κ3) is 4.12. The Morgan fingerprint density at radius 2 is 1.96 bits per heavy atom. The first-order valence-electron chi connectivity index (χ1n) is 7.91. The van der Waals surface area contributed by atoms with Crippen molar-refractivity contribution >= 4 is 21.9 Å². The first-order chi connectivity index (χ1) is 11.3. The van der Waals surface area contributed by atoms with E-state index in [1.165, 1.54) is 23.4 Å². The van der Waals surface area contributed by atoms with E-state index < -0.39 is 33.9 Å². The molecule has 132 valence electrons. The van der Waals surface area contributed by atoms with Gasteiger partial charge in [-0.2, -0.15) is 4.31 Å². The van der Waals surface area contributed by atoms with Crippen molar-refractivity contribution < 1.29 is 23.1 Å². The van der Waals surface area contributed by atoms with Gasteiger partial charge in [-0.25, -0.2) is 8.42 Å². The van der Waals surface area contributed by atoms with E-state index in [4.69, 9.17) is 5.11 Å². The summed E-state index contributed by atoms with van der Waals surface area (Å²) in [6.45, 7) is 1.75. The Morgan fingerprint density at radius 1 is 1.29 bits per heavy atom. The van der Waals surface area contributed by atoms with Crippen LogP contribution in [0.2, 0.25) is 0 Å². The molecule has 0 radical (unpaired) electrons. The lowest BCUT2D eigenvalue weighted by atomic mass is 10.0. The van der Waals surface area contributed by atoms with E-state index in [-0.39, 0.29) is 18.0 Å². The molecule has 7 nitrogen and oxygen atoms in total. The van der Waals surface area contributed by atoms with Crippen molar-refractivity contribution in [2.75, 3.05) is 13.1 Å². The molecule has 8 heteroatoms. The number of carbonyl (C=O) groups is 2. The van der Waals surface area contributed by atoms with Crippen LogP contribution in [0.25, 0.3) is 0 Å². The van der Waals surface area contributed by atoms with Crippen molar-refractivity contribution in [2.24, 2.45) is 5.92 Å². The average Bonchev–Trinajstić information content (AvgIpc) is 2.60. The molecule has 0 aromatic heterocycles. The molecule has 2 N–H and O–H groups in total. The van der Waals surface area contributed by atoms with E-state index in [1.807, 2.05) is 0 Å². The van der Waals surface area contributed by atoms with Gasteiger partial charge in [-0.1, -0.05) is 31.5 Å². The van der Waals surface area contributed by atoms with E-state index in [0.29, 0.717) is 12.8 Å². The quantitative estimate of drug-likeness (QED) is 0.795. The predicted octanol–water partition coefficient (Wildman–Crippen LogP) is 1.07. The van der Waals surface area contributed by atoms with Gasteiger partial charge in [-0.3, -0.25) is 9.59 Å². The molecule has 24 heavy (non-hydrogen) atoms. The molecule has 2 atom stereocenters. The molecule has 2 rings (SSSR count). The molecule has 0 spiro atoms. The van der Waals surface area contributed by atoms with Gasteiger partial charge in [0.05, 0.1) is 10.8 Å². The number of carboxylic acids is 1. The van der Waals surface area contributed by atoms with E-state index in [9.17, 15) is 18.0 Å². The number of nitrogens with zero attached hydrogens (tertiary/aromatic N) is 1. The van der Waals surface area contributed by atoms with Gasteiger partial charge in [0.1, 0.15) is 6.04 Å². The monoisotopic (exact) mass is 354 g/mol. The lowest BCUT2D eigenvalue weighted by Crippen LogP contribution is -2.52. The van der Waals surface area contributed by atoms with Gasteiger partial charge in [0.25, 0.3) is 0 Å². The molecule has 0 bridgehead atoms. The number of amides is 1. The first kappa shape index (κ1) is 18.4. The van der Waals surface area contributed by atoms with Crippen LogP contribution in [0.1, 0.15) is 26.2 Å². The normalized spacial score (nSPS) is 20.3. The van der Waals surface area contributed by atoms with Crippen molar-refractivity contribution in [3.8, 4) is 0 Å². The maximum absolute atomic E-state index is 12.8. The molecule has 1 saturated heterocycles. The zero-order chi connectivity index (χ0) is 17.7. The molecule has 1 aromatic carbocycles. The highest BCUT2D eigenvalue weighted by Crippen LogP contribution is 2.25. The second-order valence-electron chi connectivity index (χ2n) is 5.92. The third-order valence-corrected chi connectivity index (χ3v) is 6.03. The Morgan fingerprint density at radius 3 is 2.58 bits per heavy atom. The van der Waals surface area contributed by atoms with Crippen molar-refractivity contribution in [2.45, 2.75) is 37.1 Å². The average molecular weight is 354 g/mol. The van der Waals surface area contributed by atoms with Crippen LogP contribution >= 0.6 is 0 Å². The van der Waals surface area contributed by atoms with Crippen LogP contribution in [0.5, 0.6) is 0 Å². The van der Waals surface area contributed by atoms with E-state index in [2.05, 4.69) is 5.32 Å². The summed E-state index contributed by atoms with van der Waals surface area (Å²) < 4.78 is 26.8.